The van der Waals surface area contributed by atoms with Gasteiger partial charge in [-0.1, -0.05) is 286 Å². The van der Waals surface area contributed by atoms with Crippen molar-refractivity contribution in [2.45, 2.75) is 85.4 Å². The molecule has 0 aliphatic rings. The third-order valence-electron chi connectivity index (χ3n) is 16.6. The molecule has 14 rings (SSSR count). The van der Waals surface area contributed by atoms with Crippen LogP contribution in [0.4, 0.5) is 0 Å². The number of para-hydroxylation sites is 4. The fourth-order valence-electron chi connectivity index (χ4n) is 11.9. The van der Waals surface area contributed by atoms with Crippen LogP contribution < -0.4 is 30.1 Å². The van der Waals surface area contributed by atoms with Crippen LogP contribution in [0.5, 0.6) is 11.5 Å². The predicted molar refractivity (Wildman–Crippen MR) is 381 cm³/mol. The van der Waals surface area contributed by atoms with Crippen LogP contribution >= 0.6 is 0 Å². The Morgan fingerprint density at radius 3 is 1.72 bits per heavy atom. The smallest absolute Gasteiger partial charge is 0.268 e. The predicted octanol–water partition coefficient (Wildman–Crippen LogP) is 18.2. The molecule has 7 heteroatoms. The van der Waals surface area contributed by atoms with Crippen LogP contribution in [-0.2, 0) is 37.3 Å². The summed E-state index contributed by atoms with van der Waals surface area (Å²) in [6.45, 7) is 16.1. The fourth-order valence-corrected chi connectivity index (χ4v) is 15.4. The van der Waals surface area contributed by atoms with Gasteiger partial charge >= 0.3 is 0 Å². The minimum Gasteiger partial charge on any atom is -0.510 e. The van der Waals surface area contributed by atoms with Gasteiger partial charge in [0.1, 0.15) is 5.82 Å². The quantitative estimate of drug-likeness (QED) is 0.0529. The molecule has 92 heavy (non-hydrogen) atoms. The van der Waals surface area contributed by atoms with E-state index in [0.29, 0.717) is 50.3 Å². The van der Waals surface area contributed by atoms with Gasteiger partial charge in [-0.15, -0.1) is 29.7 Å². The van der Waals surface area contributed by atoms with E-state index in [-0.39, 0.29) is 54.8 Å². The topological polar surface area (TPSA) is 35.9 Å². The second kappa shape index (κ2) is 24.3. The first-order valence-electron chi connectivity index (χ1n) is 40.9. The molecule has 5 nitrogen and oxygen atoms in total. The molecule has 0 spiro atoms. The summed E-state index contributed by atoms with van der Waals surface area (Å²) in [5, 5.41) is -2.18. The van der Waals surface area contributed by atoms with E-state index in [4.69, 9.17) is 17.9 Å². The van der Waals surface area contributed by atoms with Gasteiger partial charge < -0.3 is 13.9 Å². The summed E-state index contributed by atoms with van der Waals surface area (Å²) in [5.41, 5.74) is 6.25. The monoisotopic (exact) mass is 1410 g/mol. The van der Waals surface area contributed by atoms with Crippen LogP contribution in [0.1, 0.15) is 115 Å². The van der Waals surface area contributed by atoms with Gasteiger partial charge in [0, 0.05) is 54.0 Å². The second-order valence-corrected chi connectivity index (χ2v) is 29.1. The van der Waals surface area contributed by atoms with Crippen LogP contribution in [0.2, 0.25) is 0 Å². The maximum atomic E-state index is 11.0. The number of rotatable bonds is 12. The van der Waals surface area contributed by atoms with E-state index in [1.807, 2.05) is 83.4 Å². The minimum absolute atomic E-state index is 0. The van der Waals surface area contributed by atoms with E-state index in [1.54, 1.807) is 76.0 Å². The molecule has 0 atom stereocenters. The van der Waals surface area contributed by atoms with Crippen LogP contribution in [0.15, 0.2) is 267 Å². The van der Waals surface area contributed by atoms with Crippen molar-refractivity contribution in [3.8, 4) is 62.1 Å². The van der Waals surface area contributed by atoms with Crippen molar-refractivity contribution in [1.29, 1.82) is 0 Å². The van der Waals surface area contributed by atoms with E-state index in [9.17, 15) is 21.9 Å². The first-order valence-corrected chi connectivity index (χ1v) is 31.9. The van der Waals surface area contributed by atoms with Crippen molar-refractivity contribution in [3.63, 3.8) is 0 Å². The molecule has 0 saturated carbocycles. The maximum absolute atomic E-state index is 11.0. The Hall–Kier alpha value is -9.45. The van der Waals surface area contributed by atoms with Crippen molar-refractivity contribution in [1.82, 2.24) is 14.1 Å². The summed E-state index contributed by atoms with van der Waals surface area (Å²) in [6, 6.07) is 31.3. The van der Waals surface area contributed by atoms with Gasteiger partial charge in [0.05, 0.1) is 42.8 Å². The molecule has 0 aliphatic heterocycles. The zero-order chi connectivity index (χ0) is 81.8. The van der Waals surface area contributed by atoms with Crippen molar-refractivity contribution in [3.05, 3.63) is 307 Å². The first-order chi connectivity index (χ1) is 53.0. The van der Waals surface area contributed by atoms with Crippen molar-refractivity contribution >= 4 is 61.7 Å². The number of hydrogen-bond acceptors (Lipinski definition) is 2. The number of pyridine rings is 1. The fraction of sp³-hybridized carbons (Fsp3) is 0.153. The Bertz CT molecular complexity index is 6080. The molecule has 3 heterocycles. The van der Waals surface area contributed by atoms with E-state index >= 15 is 0 Å². The van der Waals surface area contributed by atoms with E-state index < -0.39 is 167 Å². The number of ether oxygens (including phenoxy) is 1. The average Bonchev–Trinajstić information content (AvgIpc) is 0.822. The van der Waals surface area contributed by atoms with Gasteiger partial charge in [-0.25, -0.2) is 4.98 Å². The van der Waals surface area contributed by atoms with Crippen molar-refractivity contribution < 1.29 is 60.5 Å². The molecule has 0 bridgehead atoms. The van der Waals surface area contributed by atoms with Gasteiger partial charge in [-0.2, -0.15) is 18.2 Å². The Kier molecular flexibility index (Phi) is 10.7. The van der Waals surface area contributed by atoms with Gasteiger partial charge in [0.2, 0.25) is 0 Å². The largest absolute Gasteiger partial charge is 0.510 e. The molecule has 0 N–H and O–H groups in total. The molecular weight excluding hydrogens is 1320 g/mol. The molecule has 0 radical (unpaired) electrons. The van der Waals surface area contributed by atoms with Gasteiger partial charge in [0.15, 0.2) is 8.07 Å². The van der Waals surface area contributed by atoms with Crippen LogP contribution in [0.3, 0.4) is 0 Å². The van der Waals surface area contributed by atoms with E-state index in [0.717, 1.165) is 33.0 Å². The number of aromatic nitrogens is 4. The van der Waals surface area contributed by atoms with Gasteiger partial charge in [-0.05, 0) is 117 Å². The maximum Gasteiger partial charge on any atom is 0.268 e. The van der Waals surface area contributed by atoms with Crippen molar-refractivity contribution in [2.75, 3.05) is 0 Å². The zero-order valence-corrected chi connectivity index (χ0v) is 55.2. The van der Waals surface area contributed by atoms with Gasteiger partial charge in [0.25, 0.3) is 6.33 Å². The summed E-state index contributed by atoms with van der Waals surface area (Å²) in [4.78, 5) is 4.96. The number of nitrogens with zero attached hydrogens (tertiary/aromatic N) is 4. The summed E-state index contributed by atoms with van der Waals surface area (Å²) in [7, 11) is -6.28. The van der Waals surface area contributed by atoms with E-state index in [2.05, 4.69) is 86.8 Å². The molecule has 0 aliphatic carbocycles. The standard InChI is InChI=1S/C85H74N4OSi.Pt/c1-58-48-81(86-56-76(58)59-28-24-30-62(49-59)83(2,3)4)89-77-43-21-20-40-74(77)75-47-46-67(55-80(75)89)90-66-32-26-31-65(54-66)87-57-88(79-45-23-22-44-78(79)87)82-72(41-27-42-73(82)61-50-63(84(5,6)7)53-64(51-61)85(8,9)10)60-29-25-39-71(52-60)91(68-33-14-11-15-34-68,69-35-16-12-17-36-69)70-37-18-13-19-38-70;/h11-53,56H,1-10H3;/q-2;/i1D3,11D,12D,13D,14D,15D,16D,17D,18D,19D,25D,29D,33D,34D,35D,36D,37D,38D,39D,52D;. The molecule has 0 fully saturated rings. The summed E-state index contributed by atoms with van der Waals surface area (Å²) >= 11 is 0. The van der Waals surface area contributed by atoms with Crippen molar-refractivity contribution in [2.24, 2.45) is 0 Å². The Morgan fingerprint density at radius 1 is 0.489 bits per heavy atom. The first kappa shape index (κ1) is 40.4. The molecule has 3 aromatic heterocycles. The summed E-state index contributed by atoms with van der Waals surface area (Å²) in [5.74, 6) is 0.804. The average molecular weight is 1410 g/mol. The number of hydrogen-bond donors (Lipinski definition) is 0. The third-order valence-corrected chi connectivity index (χ3v) is 20.6. The summed E-state index contributed by atoms with van der Waals surface area (Å²) < 4.78 is 221. The normalized spacial score (nSPS) is 15.7. The number of imidazole rings is 1. The van der Waals surface area contributed by atoms with Gasteiger partial charge in [-0.3, -0.25) is 4.57 Å². The van der Waals surface area contributed by atoms with Crippen LogP contribution in [0, 0.1) is 25.3 Å². The zero-order valence-electron chi connectivity index (χ0n) is 73.9. The number of fused-ring (bicyclic) bond motifs is 4. The second-order valence-electron chi connectivity index (χ2n) is 25.6. The molecule has 0 amide bonds. The van der Waals surface area contributed by atoms with E-state index in [1.165, 1.54) is 0 Å². The molecule has 0 saturated heterocycles. The Labute approximate surface area is 588 Å². The minimum atomic E-state index is -6.28. The molecule has 11 aromatic carbocycles. The molecule has 14 aromatic rings. The molecular formula is C85H74N4OPtSi-2. The van der Waals surface area contributed by atoms with Crippen LogP contribution in [-0.4, -0.2) is 22.2 Å². The third kappa shape index (κ3) is 11.3. The SMILES string of the molecule is [2H]c1c([2H])c([2H])c([Si](c2c([2H])c([2H])c([2H])c([2H])c2[2H])(c2c([2H])c([2H])c([2H])c([2H])c2[2H])c2c([2H])c([2H])c([2H])c(-c3cccc(-c4cc(C(C)(C)C)cc(C(C)(C)C)c4)c3-[n+]3[c-]n(-c4[c-]c(Oc5[c-]c6c(cc5)c5ccccc5n6-c5cc(C([2H])([2H])[2H])c(-c6cccc(C(C)(C)C)c6)cn5)ccc4)c4ccccc43)c2[2H])c([2H])c1[2H].[Pt]. The van der Waals surface area contributed by atoms with Crippen LogP contribution in [0.25, 0.3) is 83.4 Å². The summed E-state index contributed by atoms with van der Waals surface area (Å²) in [6.07, 6.45) is 5.18. The molecule has 0 unspecified atom stereocenters. The molecule has 456 valence electrons. The number of aryl methyl sites for hydroxylation is 1. The Balaban J connectivity index is 0.0000113. The number of benzene rings is 11. The Morgan fingerprint density at radius 2 is 1.07 bits per heavy atom.